The molecule has 1 fully saturated rings. The maximum absolute atomic E-state index is 9.56. The lowest BCUT2D eigenvalue weighted by atomic mass is 10.1. The summed E-state index contributed by atoms with van der Waals surface area (Å²) >= 11 is 3.36. The number of nitrogens with zero attached hydrogens (tertiary/aromatic N) is 1. The van der Waals surface area contributed by atoms with Crippen molar-refractivity contribution in [3.05, 3.63) is 28.2 Å². The molecule has 1 aromatic rings. The number of hydrogen-bond acceptors (Lipinski definition) is 3. The first-order valence-electron chi connectivity index (χ1n) is 4.53. The molecular formula is C10H12BrNO2. The van der Waals surface area contributed by atoms with Crippen LogP contribution in [0.3, 0.4) is 0 Å². The van der Waals surface area contributed by atoms with E-state index >= 15 is 0 Å². The van der Waals surface area contributed by atoms with Gasteiger partial charge in [0.15, 0.2) is 0 Å². The van der Waals surface area contributed by atoms with E-state index in [0.717, 1.165) is 10.0 Å². The van der Waals surface area contributed by atoms with E-state index < -0.39 is 0 Å². The lowest BCUT2D eigenvalue weighted by Gasteiger charge is -2.35. The van der Waals surface area contributed by atoms with Gasteiger partial charge in [-0.25, -0.2) is 0 Å². The van der Waals surface area contributed by atoms with Crippen LogP contribution >= 0.6 is 15.9 Å². The van der Waals surface area contributed by atoms with Gasteiger partial charge in [0, 0.05) is 29.7 Å². The number of hydrogen-bond donors (Lipinski definition) is 2. The van der Waals surface area contributed by atoms with Crippen LogP contribution in [0.5, 0.6) is 5.75 Å². The molecule has 0 saturated carbocycles. The molecule has 3 nitrogen and oxygen atoms in total. The van der Waals surface area contributed by atoms with Crippen molar-refractivity contribution in [2.24, 2.45) is 0 Å². The number of phenolic OH excluding ortho intramolecular Hbond substituents is 1. The molecule has 14 heavy (non-hydrogen) atoms. The molecule has 2 N–H and O–H groups in total. The van der Waals surface area contributed by atoms with Crippen molar-refractivity contribution < 1.29 is 10.2 Å². The van der Waals surface area contributed by atoms with E-state index in [0.29, 0.717) is 25.4 Å². The molecule has 0 unspecified atom stereocenters. The fraction of sp³-hybridized carbons (Fsp3) is 0.400. The Labute approximate surface area is 91.1 Å². The monoisotopic (exact) mass is 257 g/mol. The van der Waals surface area contributed by atoms with Crippen LogP contribution in [0.4, 0.5) is 0 Å². The van der Waals surface area contributed by atoms with Gasteiger partial charge in [-0.1, -0.05) is 15.9 Å². The Hall–Kier alpha value is -0.580. The molecule has 0 spiro atoms. The maximum Gasteiger partial charge on any atom is 0.120 e. The zero-order valence-electron chi connectivity index (χ0n) is 7.65. The molecule has 0 aliphatic carbocycles. The molecule has 76 valence electrons. The Bertz CT molecular complexity index is 337. The number of aliphatic hydroxyl groups excluding tert-OH is 1. The van der Waals surface area contributed by atoms with Crippen molar-refractivity contribution in [1.29, 1.82) is 0 Å². The summed E-state index contributed by atoms with van der Waals surface area (Å²) in [6.07, 6.45) is -0.190. The van der Waals surface area contributed by atoms with Gasteiger partial charge >= 0.3 is 0 Å². The fourth-order valence-corrected chi connectivity index (χ4v) is 2.00. The SMILES string of the molecule is Oc1ccc(Br)cc1CN1CC(O)C1. The van der Waals surface area contributed by atoms with Crippen molar-refractivity contribution >= 4 is 15.9 Å². The highest BCUT2D eigenvalue weighted by Gasteiger charge is 2.24. The Balaban J connectivity index is 2.05. The van der Waals surface area contributed by atoms with Gasteiger partial charge in [0.25, 0.3) is 0 Å². The first kappa shape index (κ1) is 9.96. The van der Waals surface area contributed by atoms with E-state index in [1.165, 1.54) is 0 Å². The molecule has 1 aliphatic heterocycles. The Morgan fingerprint density at radius 2 is 2.14 bits per heavy atom. The highest BCUT2D eigenvalue weighted by Crippen LogP contribution is 2.24. The number of rotatable bonds is 2. The number of β-amino-alcohol motifs (C(OH)–C–C–N with tert-alkyl or cyclic N) is 1. The van der Waals surface area contributed by atoms with E-state index in [1.54, 1.807) is 6.07 Å². The topological polar surface area (TPSA) is 43.7 Å². The number of benzene rings is 1. The van der Waals surface area contributed by atoms with E-state index in [-0.39, 0.29) is 6.10 Å². The van der Waals surface area contributed by atoms with Gasteiger partial charge in [-0.15, -0.1) is 0 Å². The molecule has 1 heterocycles. The summed E-state index contributed by atoms with van der Waals surface area (Å²) in [4.78, 5) is 2.09. The molecule has 0 bridgehead atoms. The first-order chi connectivity index (χ1) is 6.65. The van der Waals surface area contributed by atoms with Crippen LogP contribution in [0.1, 0.15) is 5.56 Å². The van der Waals surface area contributed by atoms with Gasteiger partial charge in [-0.2, -0.15) is 0 Å². The molecule has 0 amide bonds. The van der Waals surface area contributed by atoms with Gasteiger partial charge in [-0.05, 0) is 18.2 Å². The van der Waals surface area contributed by atoms with Crippen molar-refractivity contribution in [3.63, 3.8) is 0 Å². The Kier molecular flexibility index (Phi) is 2.76. The van der Waals surface area contributed by atoms with Gasteiger partial charge in [0.1, 0.15) is 5.75 Å². The summed E-state index contributed by atoms with van der Waals surface area (Å²) in [5, 5.41) is 18.7. The van der Waals surface area contributed by atoms with Gasteiger partial charge in [0.2, 0.25) is 0 Å². The van der Waals surface area contributed by atoms with Gasteiger partial charge < -0.3 is 10.2 Å². The number of aliphatic hydroxyl groups is 1. The highest BCUT2D eigenvalue weighted by molar-refractivity contribution is 9.10. The molecule has 1 aromatic carbocycles. The second-order valence-corrected chi connectivity index (χ2v) is 4.54. The second-order valence-electron chi connectivity index (χ2n) is 3.62. The maximum atomic E-state index is 9.56. The Morgan fingerprint density at radius 3 is 2.79 bits per heavy atom. The number of halogens is 1. The smallest absolute Gasteiger partial charge is 0.120 e. The van der Waals surface area contributed by atoms with E-state index in [9.17, 15) is 5.11 Å². The molecule has 1 aliphatic rings. The minimum absolute atomic E-state index is 0.190. The van der Waals surface area contributed by atoms with Crippen molar-refractivity contribution in [3.8, 4) is 5.75 Å². The van der Waals surface area contributed by atoms with Crippen LogP contribution in [-0.2, 0) is 6.54 Å². The fourth-order valence-electron chi connectivity index (χ4n) is 1.59. The molecule has 0 aromatic heterocycles. The summed E-state index contributed by atoms with van der Waals surface area (Å²) in [5.74, 6) is 0.314. The molecule has 0 atom stereocenters. The molecule has 0 radical (unpaired) electrons. The van der Waals surface area contributed by atoms with Crippen LogP contribution in [0.25, 0.3) is 0 Å². The number of phenols is 1. The standard InChI is InChI=1S/C10H12BrNO2/c11-8-1-2-10(14)7(3-8)4-12-5-9(13)6-12/h1-3,9,13-14H,4-6H2. The highest BCUT2D eigenvalue weighted by atomic mass is 79.9. The van der Waals surface area contributed by atoms with Crippen molar-refractivity contribution in [1.82, 2.24) is 4.90 Å². The third-order valence-corrected chi connectivity index (χ3v) is 2.87. The third-order valence-electron chi connectivity index (χ3n) is 2.37. The quantitative estimate of drug-likeness (QED) is 0.841. The summed E-state index contributed by atoms with van der Waals surface area (Å²) in [6.45, 7) is 2.10. The summed E-state index contributed by atoms with van der Waals surface area (Å²) in [7, 11) is 0. The number of aromatic hydroxyl groups is 1. The lowest BCUT2D eigenvalue weighted by molar-refractivity contribution is -0.00323. The summed E-state index contributed by atoms with van der Waals surface area (Å²) in [6, 6.07) is 5.39. The normalized spacial score (nSPS) is 18.1. The summed E-state index contributed by atoms with van der Waals surface area (Å²) in [5.41, 5.74) is 0.895. The first-order valence-corrected chi connectivity index (χ1v) is 5.32. The average molecular weight is 258 g/mol. The molecule has 1 saturated heterocycles. The Morgan fingerprint density at radius 1 is 1.43 bits per heavy atom. The molecule has 2 rings (SSSR count). The van der Waals surface area contributed by atoms with Crippen LogP contribution < -0.4 is 0 Å². The van der Waals surface area contributed by atoms with Crippen LogP contribution in [0, 0.1) is 0 Å². The van der Waals surface area contributed by atoms with Crippen molar-refractivity contribution in [2.75, 3.05) is 13.1 Å². The van der Waals surface area contributed by atoms with E-state index in [4.69, 9.17) is 5.11 Å². The number of likely N-dealkylation sites (tertiary alicyclic amines) is 1. The van der Waals surface area contributed by atoms with E-state index in [2.05, 4.69) is 20.8 Å². The largest absolute Gasteiger partial charge is 0.508 e. The molecule has 4 heteroatoms. The average Bonchev–Trinajstić information content (AvgIpc) is 2.09. The second kappa shape index (κ2) is 3.88. The van der Waals surface area contributed by atoms with Gasteiger partial charge in [-0.3, -0.25) is 4.90 Å². The zero-order valence-corrected chi connectivity index (χ0v) is 9.24. The molecular weight excluding hydrogens is 246 g/mol. The predicted octanol–water partition coefficient (Wildman–Crippen LogP) is 1.33. The minimum atomic E-state index is -0.190. The van der Waals surface area contributed by atoms with E-state index in [1.807, 2.05) is 12.1 Å². The third kappa shape index (κ3) is 2.08. The van der Waals surface area contributed by atoms with Crippen molar-refractivity contribution in [2.45, 2.75) is 12.6 Å². The minimum Gasteiger partial charge on any atom is -0.508 e. The van der Waals surface area contributed by atoms with Crippen LogP contribution in [0.15, 0.2) is 22.7 Å². The van der Waals surface area contributed by atoms with Crippen LogP contribution in [-0.4, -0.2) is 34.3 Å². The van der Waals surface area contributed by atoms with Crippen LogP contribution in [0.2, 0.25) is 0 Å². The lowest BCUT2D eigenvalue weighted by Crippen LogP contribution is -2.49. The predicted molar refractivity (Wildman–Crippen MR) is 57.1 cm³/mol. The zero-order chi connectivity index (χ0) is 10.1. The van der Waals surface area contributed by atoms with Gasteiger partial charge in [0.05, 0.1) is 6.10 Å². The summed E-state index contributed by atoms with van der Waals surface area (Å²) < 4.78 is 0.964.